The molecule has 2 amide bonds. The van der Waals surface area contributed by atoms with Gasteiger partial charge in [-0.05, 0) is 48.9 Å². The van der Waals surface area contributed by atoms with Gasteiger partial charge in [0.2, 0.25) is 11.8 Å². The molecule has 0 radical (unpaired) electrons. The van der Waals surface area contributed by atoms with Crippen molar-refractivity contribution in [2.75, 3.05) is 17.4 Å². The van der Waals surface area contributed by atoms with Crippen molar-refractivity contribution in [2.24, 2.45) is 0 Å². The van der Waals surface area contributed by atoms with Crippen LogP contribution in [0, 0.1) is 5.82 Å². The Kier molecular flexibility index (Phi) is 11.1. The highest BCUT2D eigenvalue weighted by molar-refractivity contribution is 7.92. The summed E-state index contributed by atoms with van der Waals surface area (Å²) in [6, 6.07) is 21.9. The van der Waals surface area contributed by atoms with Gasteiger partial charge in [-0.2, -0.15) is 13.2 Å². The average Bonchev–Trinajstić information content (AvgIpc) is 3.03. The average molecular weight is 676 g/mol. The van der Waals surface area contributed by atoms with Gasteiger partial charge in [-0.3, -0.25) is 13.9 Å². The number of carbonyl (C=O) groups is 2. The molecule has 0 heterocycles. The fourth-order valence-electron chi connectivity index (χ4n) is 4.77. The second-order valence-corrected chi connectivity index (χ2v) is 12.5. The number of anilines is 1. The Hall–Kier alpha value is -4.42. The number of hydrogen-bond donors (Lipinski definition) is 1. The third-order valence-electron chi connectivity index (χ3n) is 7.07. The number of sulfonamides is 1. The Morgan fingerprint density at radius 2 is 1.50 bits per heavy atom. The maximum atomic E-state index is 14.9. The number of halogens is 5. The van der Waals surface area contributed by atoms with Crippen LogP contribution in [-0.4, -0.2) is 44.3 Å². The lowest BCUT2D eigenvalue weighted by Crippen LogP contribution is -2.53. The number of nitrogens with zero attached hydrogens (tertiary/aromatic N) is 2. The largest absolute Gasteiger partial charge is 0.416 e. The summed E-state index contributed by atoms with van der Waals surface area (Å²) in [5, 5.41) is 2.30. The number of benzene rings is 4. The molecule has 0 aliphatic carbocycles. The van der Waals surface area contributed by atoms with Crippen LogP contribution in [0.2, 0.25) is 5.02 Å². The van der Waals surface area contributed by atoms with Gasteiger partial charge >= 0.3 is 6.18 Å². The summed E-state index contributed by atoms with van der Waals surface area (Å²) < 4.78 is 84.7. The minimum Gasteiger partial charge on any atom is -0.355 e. The van der Waals surface area contributed by atoms with Gasteiger partial charge in [0.05, 0.1) is 21.2 Å². The van der Waals surface area contributed by atoms with Crippen molar-refractivity contribution < 1.29 is 35.6 Å². The standard InChI is InChI=1S/C33H30ClF4N3O4S/c1-2-39-32(43)30(19-23-11-5-3-6-12-23)40(21-24-13-9-10-16-28(24)35)31(42)22-41(46(44,45)26-14-7-4-8-15-26)29-20-25(33(36,37)38)17-18-27(29)34/h3-18,20,30H,2,19,21-22H2,1H3,(H,39,43)/t30-/m0/s1. The third kappa shape index (κ3) is 8.24. The van der Waals surface area contributed by atoms with Gasteiger partial charge in [-0.1, -0.05) is 78.3 Å². The molecule has 4 aromatic carbocycles. The molecule has 7 nitrogen and oxygen atoms in total. The van der Waals surface area contributed by atoms with E-state index in [0.29, 0.717) is 22.0 Å². The number of hydrogen-bond acceptors (Lipinski definition) is 4. The van der Waals surface area contributed by atoms with Crippen LogP contribution in [0.4, 0.5) is 23.2 Å². The molecule has 0 aliphatic heterocycles. The molecule has 13 heteroatoms. The monoisotopic (exact) mass is 675 g/mol. The molecule has 242 valence electrons. The number of amides is 2. The highest BCUT2D eigenvalue weighted by Crippen LogP contribution is 2.37. The lowest BCUT2D eigenvalue weighted by atomic mass is 10.0. The molecule has 0 aromatic heterocycles. The Morgan fingerprint density at radius 1 is 0.891 bits per heavy atom. The number of carbonyl (C=O) groups excluding carboxylic acids is 2. The van der Waals surface area contributed by atoms with Crippen molar-refractivity contribution in [2.45, 2.75) is 37.0 Å². The molecular weight excluding hydrogens is 646 g/mol. The Bertz CT molecular complexity index is 1770. The van der Waals surface area contributed by atoms with Crippen molar-refractivity contribution in [3.05, 3.63) is 131 Å². The van der Waals surface area contributed by atoms with Gasteiger partial charge in [0.1, 0.15) is 18.4 Å². The summed E-state index contributed by atoms with van der Waals surface area (Å²) in [7, 11) is -4.70. The first-order valence-corrected chi connectivity index (χ1v) is 15.9. The predicted octanol–water partition coefficient (Wildman–Crippen LogP) is 6.47. The number of likely N-dealkylation sites (N-methyl/N-ethyl adjacent to an activating group) is 1. The van der Waals surface area contributed by atoms with E-state index < -0.39 is 64.2 Å². The molecule has 0 bridgehead atoms. The SMILES string of the molecule is CCNC(=O)[C@H](Cc1ccccc1)N(Cc1ccccc1F)C(=O)CN(c1cc(C(F)(F)F)ccc1Cl)S(=O)(=O)c1ccccc1. The summed E-state index contributed by atoms with van der Waals surface area (Å²) in [5.74, 6) is -2.25. The quantitative estimate of drug-likeness (QED) is 0.175. The van der Waals surface area contributed by atoms with Gasteiger partial charge in [-0.25, -0.2) is 12.8 Å². The Morgan fingerprint density at radius 3 is 2.11 bits per heavy atom. The maximum absolute atomic E-state index is 14.9. The highest BCUT2D eigenvalue weighted by atomic mass is 35.5. The van der Waals surface area contributed by atoms with Crippen LogP contribution < -0.4 is 9.62 Å². The first-order chi connectivity index (χ1) is 21.8. The molecule has 0 fully saturated rings. The van der Waals surface area contributed by atoms with Crippen LogP contribution in [0.1, 0.15) is 23.6 Å². The minimum absolute atomic E-state index is 0.0252. The smallest absolute Gasteiger partial charge is 0.355 e. The maximum Gasteiger partial charge on any atom is 0.416 e. The van der Waals surface area contributed by atoms with Crippen LogP contribution in [0.3, 0.4) is 0 Å². The topological polar surface area (TPSA) is 86.8 Å². The molecule has 1 N–H and O–H groups in total. The molecule has 0 saturated carbocycles. The van der Waals surface area contributed by atoms with E-state index in [1.54, 1.807) is 43.3 Å². The first-order valence-electron chi connectivity index (χ1n) is 14.1. The van der Waals surface area contributed by atoms with Crippen LogP contribution in [0.5, 0.6) is 0 Å². The molecule has 0 aliphatic rings. The molecule has 1 atom stereocenters. The van der Waals surface area contributed by atoms with E-state index in [0.717, 1.165) is 11.0 Å². The summed E-state index contributed by atoms with van der Waals surface area (Å²) in [6.07, 6.45) is -4.88. The van der Waals surface area contributed by atoms with Crippen molar-refractivity contribution in [3.63, 3.8) is 0 Å². The van der Waals surface area contributed by atoms with Crippen LogP contribution >= 0.6 is 11.6 Å². The van der Waals surface area contributed by atoms with Gasteiger partial charge in [0.25, 0.3) is 10.0 Å². The van der Waals surface area contributed by atoms with Crippen LogP contribution in [0.25, 0.3) is 0 Å². The first kappa shape index (κ1) is 34.5. The zero-order chi connectivity index (χ0) is 33.5. The van der Waals surface area contributed by atoms with Crippen molar-refractivity contribution >= 4 is 39.1 Å². The van der Waals surface area contributed by atoms with Gasteiger partial charge in [0.15, 0.2) is 0 Å². The number of rotatable bonds is 12. The summed E-state index contributed by atoms with van der Waals surface area (Å²) in [6.45, 7) is 0.359. The molecule has 0 spiro atoms. The number of nitrogens with one attached hydrogen (secondary N) is 1. The fourth-order valence-corrected chi connectivity index (χ4v) is 6.48. The van der Waals surface area contributed by atoms with E-state index in [2.05, 4.69) is 5.32 Å². The van der Waals surface area contributed by atoms with E-state index in [1.165, 1.54) is 48.5 Å². The fraction of sp³-hybridized carbons (Fsp3) is 0.212. The lowest BCUT2D eigenvalue weighted by Gasteiger charge is -2.34. The van der Waals surface area contributed by atoms with Crippen molar-refractivity contribution in [1.82, 2.24) is 10.2 Å². The summed E-state index contributed by atoms with van der Waals surface area (Å²) in [5.41, 5.74) is -1.11. The van der Waals surface area contributed by atoms with Gasteiger partial charge < -0.3 is 10.2 Å². The molecular formula is C33H30ClF4N3O4S. The molecule has 0 saturated heterocycles. The van der Waals surface area contributed by atoms with Crippen LogP contribution in [0.15, 0.2) is 108 Å². The van der Waals surface area contributed by atoms with E-state index in [1.807, 2.05) is 0 Å². The Labute approximate surface area is 269 Å². The summed E-state index contributed by atoms with van der Waals surface area (Å²) >= 11 is 6.30. The molecule has 4 rings (SSSR count). The number of alkyl halides is 3. The Balaban J connectivity index is 1.87. The lowest BCUT2D eigenvalue weighted by molar-refractivity contribution is -0.140. The van der Waals surface area contributed by atoms with Crippen molar-refractivity contribution in [3.8, 4) is 0 Å². The summed E-state index contributed by atoms with van der Waals surface area (Å²) in [4.78, 5) is 28.5. The molecule has 4 aromatic rings. The van der Waals surface area contributed by atoms with E-state index >= 15 is 0 Å². The third-order valence-corrected chi connectivity index (χ3v) is 9.17. The zero-order valence-corrected chi connectivity index (χ0v) is 26.1. The normalized spacial score (nSPS) is 12.3. The zero-order valence-electron chi connectivity index (χ0n) is 24.5. The van der Waals surface area contributed by atoms with Gasteiger partial charge in [-0.15, -0.1) is 0 Å². The second-order valence-electron chi connectivity index (χ2n) is 10.2. The van der Waals surface area contributed by atoms with Gasteiger partial charge in [0, 0.05) is 25.1 Å². The van der Waals surface area contributed by atoms with E-state index in [-0.39, 0.29) is 28.4 Å². The van der Waals surface area contributed by atoms with Crippen LogP contribution in [-0.2, 0) is 38.8 Å². The predicted molar refractivity (Wildman–Crippen MR) is 167 cm³/mol. The second kappa shape index (κ2) is 14.8. The minimum atomic E-state index is -4.86. The van der Waals surface area contributed by atoms with E-state index in [4.69, 9.17) is 11.6 Å². The molecule has 0 unspecified atom stereocenters. The molecule has 46 heavy (non-hydrogen) atoms. The highest BCUT2D eigenvalue weighted by Gasteiger charge is 2.37. The van der Waals surface area contributed by atoms with Crippen molar-refractivity contribution in [1.29, 1.82) is 0 Å². The van der Waals surface area contributed by atoms with E-state index in [9.17, 15) is 35.6 Å².